The Hall–Kier alpha value is -2.45. The lowest BCUT2D eigenvalue weighted by Gasteiger charge is -2.32. The zero-order valence-electron chi connectivity index (χ0n) is 18.2. The standard InChI is InChI=1S/C27H34N2/c1-6-14-28-27-17-22(9-8-21(27)5)19-29-15-12-24(13-16-29)25-10-11-26(20(3)4)23(7-2)18-25/h6,8-11,14,17-18,24H,1,3,7,12-13,15-16,19H2,2,4-5H3/b28-14-. The van der Waals surface area contributed by atoms with Gasteiger partial charge in [0, 0.05) is 12.8 Å². The van der Waals surface area contributed by atoms with Gasteiger partial charge in [-0.1, -0.05) is 62.1 Å². The van der Waals surface area contributed by atoms with Crippen molar-refractivity contribution in [3.05, 3.63) is 83.4 Å². The van der Waals surface area contributed by atoms with Crippen LogP contribution in [-0.4, -0.2) is 24.2 Å². The van der Waals surface area contributed by atoms with Gasteiger partial charge in [0.25, 0.3) is 0 Å². The Bertz CT molecular complexity index is 899. The summed E-state index contributed by atoms with van der Waals surface area (Å²) in [5, 5.41) is 0. The minimum atomic E-state index is 0.668. The highest BCUT2D eigenvalue weighted by Crippen LogP contribution is 2.32. The Morgan fingerprint density at radius 1 is 1.17 bits per heavy atom. The summed E-state index contributed by atoms with van der Waals surface area (Å²) in [6.07, 6.45) is 7.01. The van der Waals surface area contributed by atoms with Gasteiger partial charge >= 0.3 is 0 Å². The van der Waals surface area contributed by atoms with Gasteiger partial charge in [-0.05, 0) is 86.0 Å². The molecule has 1 aliphatic heterocycles. The third-order valence-corrected chi connectivity index (χ3v) is 6.03. The van der Waals surface area contributed by atoms with E-state index in [-0.39, 0.29) is 0 Å². The topological polar surface area (TPSA) is 15.6 Å². The van der Waals surface area contributed by atoms with Crippen LogP contribution in [0, 0.1) is 6.92 Å². The second-order valence-electron chi connectivity index (χ2n) is 8.24. The van der Waals surface area contributed by atoms with E-state index in [1.807, 2.05) is 0 Å². The zero-order valence-corrected chi connectivity index (χ0v) is 18.2. The van der Waals surface area contributed by atoms with Crippen LogP contribution in [-0.2, 0) is 13.0 Å². The zero-order chi connectivity index (χ0) is 20.8. The van der Waals surface area contributed by atoms with Crippen LogP contribution in [0.3, 0.4) is 0 Å². The van der Waals surface area contributed by atoms with Crippen molar-refractivity contribution in [3.63, 3.8) is 0 Å². The summed E-state index contributed by atoms with van der Waals surface area (Å²) in [5.41, 5.74) is 9.01. The van der Waals surface area contributed by atoms with E-state index >= 15 is 0 Å². The minimum absolute atomic E-state index is 0.668. The Balaban J connectivity index is 1.63. The van der Waals surface area contributed by atoms with Gasteiger partial charge in [0.1, 0.15) is 0 Å². The maximum Gasteiger partial charge on any atom is 0.0661 e. The largest absolute Gasteiger partial charge is 0.299 e. The molecular weight excluding hydrogens is 352 g/mol. The molecule has 2 heteroatoms. The van der Waals surface area contributed by atoms with Crippen molar-refractivity contribution < 1.29 is 0 Å². The van der Waals surface area contributed by atoms with Gasteiger partial charge in [0.2, 0.25) is 0 Å². The molecule has 0 radical (unpaired) electrons. The summed E-state index contributed by atoms with van der Waals surface area (Å²) >= 11 is 0. The van der Waals surface area contributed by atoms with Crippen LogP contribution in [0.15, 0.2) is 60.6 Å². The molecule has 2 aromatic rings. The van der Waals surface area contributed by atoms with E-state index in [2.05, 4.69) is 80.2 Å². The summed E-state index contributed by atoms with van der Waals surface area (Å²) in [6, 6.07) is 13.7. The molecule has 2 nitrogen and oxygen atoms in total. The summed E-state index contributed by atoms with van der Waals surface area (Å²) in [5.74, 6) is 0.668. The normalized spacial score (nSPS) is 15.7. The Kier molecular flexibility index (Phi) is 7.22. The SMILES string of the molecule is C=C/C=N\c1cc(CN2CCC(c3ccc(C(=C)C)c(CC)c3)CC2)ccc1C. The van der Waals surface area contributed by atoms with Crippen LogP contribution in [0.1, 0.15) is 60.4 Å². The molecule has 0 amide bonds. The average molecular weight is 387 g/mol. The van der Waals surface area contributed by atoms with Crippen LogP contribution in [0.4, 0.5) is 5.69 Å². The van der Waals surface area contributed by atoms with E-state index in [4.69, 9.17) is 0 Å². The fourth-order valence-corrected chi connectivity index (χ4v) is 4.28. The van der Waals surface area contributed by atoms with Crippen LogP contribution in [0.2, 0.25) is 0 Å². The number of allylic oxidation sites excluding steroid dienone is 2. The number of nitrogens with zero attached hydrogens (tertiary/aromatic N) is 2. The third kappa shape index (κ3) is 5.33. The molecule has 1 saturated heterocycles. The van der Waals surface area contributed by atoms with Crippen molar-refractivity contribution in [2.24, 2.45) is 4.99 Å². The minimum Gasteiger partial charge on any atom is -0.299 e. The van der Waals surface area contributed by atoms with Gasteiger partial charge in [-0.2, -0.15) is 0 Å². The predicted octanol–water partition coefficient (Wildman–Crippen LogP) is 6.86. The van der Waals surface area contributed by atoms with Crippen LogP contribution in [0.25, 0.3) is 5.57 Å². The molecule has 1 fully saturated rings. The fraction of sp³-hybridized carbons (Fsp3) is 0.370. The van der Waals surface area contributed by atoms with Crippen molar-refractivity contribution in [2.45, 2.75) is 52.5 Å². The molecule has 29 heavy (non-hydrogen) atoms. The summed E-state index contributed by atoms with van der Waals surface area (Å²) in [4.78, 5) is 7.07. The Morgan fingerprint density at radius 2 is 1.93 bits per heavy atom. The number of piperidine rings is 1. The van der Waals surface area contributed by atoms with Gasteiger partial charge < -0.3 is 0 Å². The third-order valence-electron chi connectivity index (χ3n) is 6.03. The molecule has 1 aliphatic rings. The van der Waals surface area contributed by atoms with E-state index in [1.54, 1.807) is 12.3 Å². The number of benzene rings is 2. The highest BCUT2D eigenvalue weighted by atomic mass is 15.1. The number of aliphatic imine (C=N–C) groups is 1. The molecule has 0 bridgehead atoms. The highest BCUT2D eigenvalue weighted by molar-refractivity contribution is 5.74. The number of hydrogen-bond acceptors (Lipinski definition) is 2. The first-order valence-corrected chi connectivity index (χ1v) is 10.8. The van der Waals surface area contributed by atoms with Crippen molar-refractivity contribution >= 4 is 17.5 Å². The number of aryl methyl sites for hydroxylation is 2. The lowest BCUT2D eigenvalue weighted by molar-refractivity contribution is 0.204. The number of rotatable bonds is 7. The van der Waals surface area contributed by atoms with Crippen LogP contribution >= 0.6 is 0 Å². The van der Waals surface area contributed by atoms with Gasteiger partial charge in [-0.15, -0.1) is 0 Å². The molecule has 3 rings (SSSR count). The van der Waals surface area contributed by atoms with Crippen molar-refractivity contribution in [3.8, 4) is 0 Å². The predicted molar refractivity (Wildman–Crippen MR) is 127 cm³/mol. The highest BCUT2D eigenvalue weighted by Gasteiger charge is 2.21. The first-order chi connectivity index (χ1) is 14.0. The maximum atomic E-state index is 4.50. The van der Waals surface area contributed by atoms with Crippen molar-refractivity contribution in [2.75, 3.05) is 13.1 Å². The van der Waals surface area contributed by atoms with E-state index in [9.17, 15) is 0 Å². The second kappa shape index (κ2) is 9.84. The number of hydrogen-bond donors (Lipinski definition) is 0. The molecule has 0 atom stereocenters. The molecule has 0 aromatic heterocycles. The Morgan fingerprint density at radius 3 is 2.59 bits per heavy atom. The molecule has 0 unspecified atom stereocenters. The molecule has 1 heterocycles. The molecule has 0 aliphatic carbocycles. The maximum absolute atomic E-state index is 4.50. The van der Waals surface area contributed by atoms with E-state index in [0.717, 1.165) is 37.3 Å². The van der Waals surface area contributed by atoms with E-state index in [0.29, 0.717) is 5.92 Å². The average Bonchev–Trinajstić information content (AvgIpc) is 2.74. The first-order valence-electron chi connectivity index (χ1n) is 10.8. The monoisotopic (exact) mass is 386 g/mol. The molecular formula is C27H34N2. The lowest BCUT2D eigenvalue weighted by Crippen LogP contribution is -2.32. The first kappa shape index (κ1) is 21.3. The summed E-state index contributed by atoms with van der Waals surface area (Å²) < 4.78 is 0. The molecule has 0 spiro atoms. The van der Waals surface area contributed by atoms with Gasteiger partial charge in [0.05, 0.1) is 5.69 Å². The Labute approximate surface area is 176 Å². The van der Waals surface area contributed by atoms with Gasteiger partial charge in [0.15, 0.2) is 0 Å². The van der Waals surface area contributed by atoms with Gasteiger partial charge in [-0.3, -0.25) is 9.89 Å². The molecule has 152 valence electrons. The van der Waals surface area contributed by atoms with Crippen LogP contribution in [0.5, 0.6) is 0 Å². The fourth-order valence-electron chi connectivity index (χ4n) is 4.28. The molecule has 2 aromatic carbocycles. The second-order valence-corrected chi connectivity index (χ2v) is 8.24. The van der Waals surface area contributed by atoms with Crippen molar-refractivity contribution in [1.29, 1.82) is 0 Å². The van der Waals surface area contributed by atoms with E-state index < -0.39 is 0 Å². The smallest absolute Gasteiger partial charge is 0.0661 e. The lowest BCUT2D eigenvalue weighted by atomic mass is 9.86. The summed E-state index contributed by atoms with van der Waals surface area (Å²) in [7, 11) is 0. The van der Waals surface area contributed by atoms with E-state index in [1.165, 1.54) is 40.7 Å². The van der Waals surface area contributed by atoms with Crippen LogP contribution < -0.4 is 0 Å². The molecule has 0 saturated carbocycles. The quantitative estimate of drug-likeness (QED) is 0.475. The molecule has 0 N–H and O–H groups in total. The van der Waals surface area contributed by atoms with Crippen molar-refractivity contribution in [1.82, 2.24) is 4.90 Å². The van der Waals surface area contributed by atoms with Gasteiger partial charge in [-0.25, -0.2) is 0 Å². The summed E-state index contributed by atoms with van der Waals surface area (Å²) in [6.45, 7) is 17.6. The number of likely N-dealkylation sites (tertiary alicyclic amines) is 1.